The van der Waals surface area contributed by atoms with Crippen molar-refractivity contribution in [2.24, 2.45) is 5.73 Å². The van der Waals surface area contributed by atoms with Crippen LogP contribution in [-0.2, 0) is 11.2 Å². The van der Waals surface area contributed by atoms with Crippen molar-refractivity contribution in [1.82, 2.24) is 9.97 Å². The van der Waals surface area contributed by atoms with Gasteiger partial charge in [-0.05, 0) is 0 Å². The zero-order valence-corrected chi connectivity index (χ0v) is 8.10. The topological polar surface area (TPSA) is 71.8 Å². The lowest BCUT2D eigenvalue weighted by Gasteiger charge is -1.95. The molecule has 0 bridgehead atoms. The number of imidazole rings is 1. The van der Waals surface area contributed by atoms with Crippen molar-refractivity contribution >= 4 is 5.91 Å². The molecule has 1 aromatic heterocycles. The van der Waals surface area contributed by atoms with Gasteiger partial charge in [-0.3, -0.25) is 4.79 Å². The number of nitrogens with two attached hydrogens (primary N) is 1. The van der Waals surface area contributed by atoms with Crippen LogP contribution in [-0.4, -0.2) is 15.9 Å². The third-order valence-corrected chi connectivity index (χ3v) is 2.04. The smallest absolute Gasteiger partial charge is 0.223 e. The second kappa shape index (κ2) is 3.96. The van der Waals surface area contributed by atoms with Gasteiger partial charge in [-0.1, -0.05) is 30.3 Å². The lowest BCUT2D eigenvalue weighted by atomic mass is 10.2. The molecule has 3 N–H and O–H groups in total. The van der Waals surface area contributed by atoms with Gasteiger partial charge in [0, 0.05) is 17.5 Å². The molecule has 0 aliphatic carbocycles. The average Bonchev–Trinajstić information content (AvgIpc) is 2.67. The van der Waals surface area contributed by atoms with Crippen LogP contribution in [0, 0.1) is 0 Å². The first kappa shape index (κ1) is 9.45. The van der Waals surface area contributed by atoms with Gasteiger partial charge < -0.3 is 10.7 Å². The first-order valence-electron chi connectivity index (χ1n) is 4.63. The second-order valence-electron chi connectivity index (χ2n) is 3.27. The Morgan fingerprint density at radius 1 is 1.33 bits per heavy atom. The fourth-order valence-corrected chi connectivity index (χ4v) is 1.38. The maximum absolute atomic E-state index is 10.7. The van der Waals surface area contributed by atoms with Crippen molar-refractivity contribution in [2.45, 2.75) is 6.42 Å². The van der Waals surface area contributed by atoms with Crippen molar-refractivity contribution in [3.05, 3.63) is 42.2 Å². The van der Waals surface area contributed by atoms with Crippen LogP contribution in [0.1, 0.15) is 5.69 Å². The molecule has 1 heterocycles. The van der Waals surface area contributed by atoms with Crippen LogP contribution in [0.25, 0.3) is 11.4 Å². The van der Waals surface area contributed by atoms with Gasteiger partial charge in [0.1, 0.15) is 5.82 Å². The fraction of sp³-hybridized carbons (Fsp3) is 0.0909. The lowest BCUT2D eigenvalue weighted by molar-refractivity contribution is -0.117. The van der Waals surface area contributed by atoms with E-state index in [9.17, 15) is 4.79 Å². The van der Waals surface area contributed by atoms with E-state index < -0.39 is 0 Å². The maximum atomic E-state index is 10.7. The van der Waals surface area contributed by atoms with E-state index >= 15 is 0 Å². The Labute approximate surface area is 87.1 Å². The Kier molecular flexibility index (Phi) is 2.49. The minimum atomic E-state index is -0.363. The monoisotopic (exact) mass is 201 g/mol. The molecular weight excluding hydrogens is 190 g/mol. The minimum Gasteiger partial charge on any atom is -0.369 e. The molecule has 0 spiro atoms. The van der Waals surface area contributed by atoms with Gasteiger partial charge in [-0.15, -0.1) is 0 Å². The molecule has 2 aromatic rings. The van der Waals surface area contributed by atoms with Crippen LogP contribution in [0.15, 0.2) is 36.5 Å². The Morgan fingerprint density at radius 3 is 2.73 bits per heavy atom. The highest BCUT2D eigenvalue weighted by Crippen LogP contribution is 2.14. The summed E-state index contributed by atoms with van der Waals surface area (Å²) in [6.45, 7) is 0. The second-order valence-corrected chi connectivity index (χ2v) is 3.27. The third kappa shape index (κ3) is 2.22. The highest BCUT2D eigenvalue weighted by Gasteiger charge is 2.04. The van der Waals surface area contributed by atoms with Crippen LogP contribution in [0.3, 0.4) is 0 Å². The van der Waals surface area contributed by atoms with Gasteiger partial charge in [0.2, 0.25) is 5.91 Å². The Hall–Kier alpha value is -2.10. The van der Waals surface area contributed by atoms with Crippen molar-refractivity contribution in [3.8, 4) is 11.4 Å². The number of aromatic amines is 1. The molecule has 0 atom stereocenters. The number of aromatic nitrogens is 2. The molecule has 0 aliphatic rings. The summed E-state index contributed by atoms with van der Waals surface area (Å²) in [6.07, 6.45) is 1.83. The number of nitrogens with zero attached hydrogens (tertiary/aromatic N) is 1. The van der Waals surface area contributed by atoms with E-state index in [1.807, 2.05) is 30.3 Å². The van der Waals surface area contributed by atoms with E-state index in [0.29, 0.717) is 0 Å². The number of carbonyl (C=O) groups is 1. The molecular formula is C11H11N3O. The zero-order chi connectivity index (χ0) is 10.7. The van der Waals surface area contributed by atoms with Crippen molar-refractivity contribution < 1.29 is 4.79 Å². The predicted molar refractivity (Wildman–Crippen MR) is 56.9 cm³/mol. The fourth-order valence-electron chi connectivity index (χ4n) is 1.38. The molecule has 1 amide bonds. The van der Waals surface area contributed by atoms with E-state index in [-0.39, 0.29) is 12.3 Å². The van der Waals surface area contributed by atoms with Gasteiger partial charge in [0.05, 0.1) is 6.42 Å². The standard InChI is InChI=1S/C11H11N3O/c12-10(15)6-9-7-13-11(14-9)8-4-2-1-3-5-8/h1-5,7H,6H2,(H2,12,15)(H,13,14). The molecule has 4 nitrogen and oxygen atoms in total. The normalized spacial score (nSPS) is 10.1. The van der Waals surface area contributed by atoms with E-state index in [2.05, 4.69) is 9.97 Å². The summed E-state index contributed by atoms with van der Waals surface area (Å²) in [7, 11) is 0. The van der Waals surface area contributed by atoms with Gasteiger partial charge in [0.25, 0.3) is 0 Å². The van der Waals surface area contributed by atoms with Crippen molar-refractivity contribution in [3.63, 3.8) is 0 Å². The van der Waals surface area contributed by atoms with E-state index in [1.165, 1.54) is 0 Å². The summed E-state index contributed by atoms with van der Waals surface area (Å²) < 4.78 is 0. The first-order valence-corrected chi connectivity index (χ1v) is 4.63. The average molecular weight is 201 g/mol. The summed E-state index contributed by atoms with van der Waals surface area (Å²) >= 11 is 0. The molecule has 2 rings (SSSR count). The number of nitrogens with one attached hydrogen (secondary N) is 1. The summed E-state index contributed by atoms with van der Waals surface area (Å²) in [6, 6.07) is 9.72. The largest absolute Gasteiger partial charge is 0.369 e. The molecule has 0 saturated heterocycles. The SMILES string of the molecule is NC(=O)Cc1cnc(-c2ccccc2)[nH]1. The van der Waals surface area contributed by atoms with E-state index in [0.717, 1.165) is 17.1 Å². The van der Waals surface area contributed by atoms with Crippen LogP contribution >= 0.6 is 0 Å². The summed E-state index contributed by atoms with van der Waals surface area (Å²) in [5.74, 6) is 0.394. The number of carbonyl (C=O) groups excluding carboxylic acids is 1. The van der Waals surface area contributed by atoms with E-state index in [1.54, 1.807) is 6.20 Å². The molecule has 76 valence electrons. The first-order chi connectivity index (χ1) is 7.25. The minimum absolute atomic E-state index is 0.194. The Balaban J connectivity index is 2.24. The Morgan fingerprint density at radius 2 is 2.07 bits per heavy atom. The van der Waals surface area contributed by atoms with Crippen molar-refractivity contribution in [2.75, 3.05) is 0 Å². The van der Waals surface area contributed by atoms with Crippen LogP contribution in [0.5, 0.6) is 0 Å². The third-order valence-electron chi connectivity index (χ3n) is 2.04. The molecule has 15 heavy (non-hydrogen) atoms. The molecule has 0 saturated carbocycles. The lowest BCUT2D eigenvalue weighted by Crippen LogP contribution is -2.13. The van der Waals surface area contributed by atoms with E-state index in [4.69, 9.17) is 5.73 Å². The van der Waals surface area contributed by atoms with Crippen LogP contribution < -0.4 is 5.73 Å². The highest BCUT2D eigenvalue weighted by atomic mass is 16.1. The molecule has 0 unspecified atom stereocenters. The quantitative estimate of drug-likeness (QED) is 0.780. The summed E-state index contributed by atoms with van der Waals surface area (Å²) in [5.41, 5.74) is 6.82. The van der Waals surface area contributed by atoms with Gasteiger partial charge >= 0.3 is 0 Å². The molecule has 0 radical (unpaired) electrons. The van der Waals surface area contributed by atoms with Gasteiger partial charge in [0.15, 0.2) is 0 Å². The Bertz CT molecular complexity index is 462. The number of amides is 1. The van der Waals surface area contributed by atoms with Crippen LogP contribution in [0.2, 0.25) is 0 Å². The number of rotatable bonds is 3. The van der Waals surface area contributed by atoms with Gasteiger partial charge in [-0.2, -0.15) is 0 Å². The summed E-state index contributed by atoms with van der Waals surface area (Å²) in [4.78, 5) is 17.9. The number of H-pyrrole nitrogens is 1. The van der Waals surface area contributed by atoms with Crippen LogP contribution in [0.4, 0.5) is 0 Å². The zero-order valence-electron chi connectivity index (χ0n) is 8.10. The summed E-state index contributed by atoms with van der Waals surface area (Å²) in [5, 5.41) is 0. The number of primary amides is 1. The molecule has 1 aromatic carbocycles. The number of hydrogen-bond acceptors (Lipinski definition) is 2. The number of benzene rings is 1. The molecule has 0 fully saturated rings. The number of hydrogen-bond donors (Lipinski definition) is 2. The highest BCUT2D eigenvalue weighted by molar-refractivity contribution is 5.76. The van der Waals surface area contributed by atoms with Crippen molar-refractivity contribution in [1.29, 1.82) is 0 Å². The predicted octanol–water partition coefficient (Wildman–Crippen LogP) is 1.10. The maximum Gasteiger partial charge on any atom is 0.223 e. The molecule has 4 heteroatoms. The van der Waals surface area contributed by atoms with Gasteiger partial charge in [-0.25, -0.2) is 4.98 Å². The molecule has 0 aliphatic heterocycles.